The Morgan fingerprint density at radius 1 is 1.00 bits per heavy atom. The maximum atomic E-state index is 5.77. The summed E-state index contributed by atoms with van der Waals surface area (Å²) in [5.41, 5.74) is 1.19. The second-order valence-corrected chi connectivity index (χ2v) is 5.28. The van der Waals surface area contributed by atoms with Crippen LogP contribution in [0.2, 0.25) is 5.15 Å². The van der Waals surface area contributed by atoms with E-state index in [2.05, 4.69) is 32.1 Å². The normalized spacial score (nSPS) is 15.1. The minimum Gasteiger partial charge on any atom is -0.497 e. The number of benzene rings is 1. The van der Waals surface area contributed by atoms with Gasteiger partial charge >= 0.3 is 0 Å². The van der Waals surface area contributed by atoms with E-state index >= 15 is 0 Å². The Labute approximate surface area is 129 Å². The number of halogens is 1. The molecule has 1 aromatic carbocycles. The fourth-order valence-corrected chi connectivity index (χ4v) is 2.58. The molecular formula is C15H17ClN4O. The van der Waals surface area contributed by atoms with E-state index in [1.54, 1.807) is 13.2 Å². The Hall–Kier alpha value is -2.01. The first-order valence-electron chi connectivity index (χ1n) is 6.89. The molecule has 0 spiro atoms. The van der Waals surface area contributed by atoms with Crippen molar-refractivity contribution in [1.82, 2.24) is 10.2 Å². The largest absolute Gasteiger partial charge is 0.497 e. The minimum atomic E-state index is 0.425. The average molecular weight is 305 g/mol. The first-order valence-corrected chi connectivity index (χ1v) is 7.27. The van der Waals surface area contributed by atoms with Crippen molar-refractivity contribution in [1.29, 1.82) is 0 Å². The van der Waals surface area contributed by atoms with Gasteiger partial charge in [0.05, 0.1) is 7.11 Å². The first kappa shape index (κ1) is 13.9. The van der Waals surface area contributed by atoms with E-state index < -0.39 is 0 Å². The molecule has 0 atom stereocenters. The quantitative estimate of drug-likeness (QED) is 0.871. The van der Waals surface area contributed by atoms with Crippen LogP contribution < -0.4 is 14.5 Å². The molecule has 21 heavy (non-hydrogen) atoms. The molecule has 0 radical (unpaired) electrons. The summed E-state index contributed by atoms with van der Waals surface area (Å²) in [5.74, 6) is 1.77. The third-order valence-corrected chi connectivity index (χ3v) is 3.84. The van der Waals surface area contributed by atoms with Crippen molar-refractivity contribution in [3.63, 3.8) is 0 Å². The third-order valence-electron chi connectivity index (χ3n) is 3.64. The predicted octanol–water partition coefficient (Wildman–Crippen LogP) is 2.47. The lowest BCUT2D eigenvalue weighted by atomic mass is 10.2. The Bertz CT molecular complexity index is 597. The molecule has 6 heteroatoms. The van der Waals surface area contributed by atoms with Crippen molar-refractivity contribution < 1.29 is 4.74 Å². The van der Waals surface area contributed by atoms with Gasteiger partial charge in [-0.2, -0.15) is 0 Å². The van der Waals surface area contributed by atoms with Gasteiger partial charge in [-0.1, -0.05) is 17.7 Å². The van der Waals surface area contributed by atoms with Crippen LogP contribution in [0.5, 0.6) is 5.75 Å². The fraction of sp³-hybridized carbons (Fsp3) is 0.333. The number of rotatable bonds is 3. The number of hydrogen-bond acceptors (Lipinski definition) is 5. The SMILES string of the molecule is COc1cccc(N2CCN(c3ccc(Cl)nn3)CC2)c1. The van der Waals surface area contributed by atoms with Crippen molar-refractivity contribution in [3.8, 4) is 5.75 Å². The first-order chi connectivity index (χ1) is 10.3. The number of ether oxygens (including phenoxy) is 1. The summed E-state index contributed by atoms with van der Waals surface area (Å²) in [7, 11) is 1.69. The number of nitrogens with zero attached hydrogens (tertiary/aromatic N) is 4. The van der Waals surface area contributed by atoms with Crippen molar-refractivity contribution >= 4 is 23.1 Å². The topological polar surface area (TPSA) is 41.5 Å². The molecular weight excluding hydrogens is 288 g/mol. The van der Waals surface area contributed by atoms with Crippen LogP contribution in [0.1, 0.15) is 0 Å². The maximum Gasteiger partial charge on any atom is 0.151 e. The number of aromatic nitrogens is 2. The third kappa shape index (κ3) is 3.19. The zero-order chi connectivity index (χ0) is 14.7. The van der Waals surface area contributed by atoms with E-state index in [-0.39, 0.29) is 0 Å². The summed E-state index contributed by atoms with van der Waals surface area (Å²) in [6.45, 7) is 3.70. The molecule has 0 saturated carbocycles. The van der Waals surface area contributed by atoms with E-state index in [1.165, 1.54) is 5.69 Å². The van der Waals surface area contributed by atoms with Crippen molar-refractivity contribution in [2.75, 3.05) is 43.1 Å². The highest BCUT2D eigenvalue weighted by molar-refractivity contribution is 6.29. The Morgan fingerprint density at radius 3 is 2.43 bits per heavy atom. The summed E-state index contributed by atoms with van der Waals surface area (Å²) in [6.07, 6.45) is 0. The molecule has 0 N–H and O–H groups in total. The number of anilines is 2. The molecule has 110 valence electrons. The number of hydrogen-bond donors (Lipinski definition) is 0. The molecule has 1 aliphatic heterocycles. The van der Waals surface area contributed by atoms with Crippen molar-refractivity contribution in [2.24, 2.45) is 0 Å². The van der Waals surface area contributed by atoms with E-state index in [0.717, 1.165) is 37.7 Å². The zero-order valence-corrected chi connectivity index (χ0v) is 12.6. The summed E-state index contributed by atoms with van der Waals surface area (Å²) >= 11 is 5.77. The van der Waals surface area contributed by atoms with Crippen molar-refractivity contribution in [2.45, 2.75) is 0 Å². The smallest absolute Gasteiger partial charge is 0.151 e. The Balaban J connectivity index is 1.65. The molecule has 0 amide bonds. The summed E-state index contributed by atoms with van der Waals surface area (Å²) in [6, 6.07) is 11.8. The van der Waals surface area contributed by atoms with Crippen LogP contribution in [0.25, 0.3) is 0 Å². The maximum absolute atomic E-state index is 5.77. The molecule has 0 unspecified atom stereocenters. The molecule has 2 aromatic rings. The fourth-order valence-electron chi connectivity index (χ4n) is 2.48. The number of piperazine rings is 1. The Kier molecular flexibility index (Phi) is 4.10. The zero-order valence-electron chi connectivity index (χ0n) is 11.9. The van der Waals surface area contributed by atoms with Gasteiger partial charge in [-0.05, 0) is 24.3 Å². The summed E-state index contributed by atoms with van der Waals surface area (Å²) in [5, 5.41) is 8.46. The summed E-state index contributed by atoms with van der Waals surface area (Å²) < 4.78 is 5.28. The van der Waals surface area contributed by atoms with E-state index in [0.29, 0.717) is 5.15 Å². The van der Waals surface area contributed by atoms with Crippen LogP contribution in [0.15, 0.2) is 36.4 Å². The van der Waals surface area contributed by atoms with Gasteiger partial charge in [0.2, 0.25) is 0 Å². The molecule has 1 aromatic heterocycles. The van der Waals surface area contributed by atoms with E-state index in [1.807, 2.05) is 18.2 Å². The molecule has 1 saturated heterocycles. The molecule has 0 aliphatic carbocycles. The van der Waals surface area contributed by atoms with Gasteiger partial charge in [0.1, 0.15) is 5.75 Å². The molecule has 3 rings (SSSR count). The lowest BCUT2D eigenvalue weighted by Gasteiger charge is -2.36. The van der Waals surface area contributed by atoms with Crippen LogP contribution in [0, 0.1) is 0 Å². The second-order valence-electron chi connectivity index (χ2n) is 4.89. The lowest BCUT2D eigenvalue weighted by Crippen LogP contribution is -2.46. The van der Waals surface area contributed by atoms with E-state index in [9.17, 15) is 0 Å². The van der Waals surface area contributed by atoms with Gasteiger partial charge in [0.25, 0.3) is 0 Å². The van der Waals surface area contributed by atoms with E-state index in [4.69, 9.17) is 16.3 Å². The molecule has 0 bridgehead atoms. The van der Waals surface area contributed by atoms with Gasteiger partial charge in [0, 0.05) is 37.9 Å². The molecule has 5 nitrogen and oxygen atoms in total. The van der Waals surface area contributed by atoms with Crippen LogP contribution >= 0.6 is 11.6 Å². The van der Waals surface area contributed by atoms with Crippen LogP contribution in [0.4, 0.5) is 11.5 Å². The van der Waals surface area contributed by atoms with Crippen LogP contribution in [0.3, 0.4) is 0 Å². The highest BCUT2D eigenvalue weighted by Gasteiger charge is 2.18. The molecule has 1 fully saturated rings. The monoisotopic (exact) mass is 304 g/mol. The number of methoxy groups -OCH3 is 1. The predicted molar refractivity (Wildman–Crippen MR) is 84.5 cm³/mol. The van der Waals surface area contributed by atoms with Gasteiger partial charge in [-0.3, -0.25) is 0 Å². The summed E-state index contributed by atoms with van der Waals surface area (Å²) in [4.78, 5) is 4.57. The van der Waals surface area contributed by atoms with Gasteiger partial charge in [0.15, 0.2) is 11.0 Å². The van der Waals surface area contributed by atoms with Crippen molar-refractivity contribution in [3.05, 3.63) is 41.6 Å². The van der Waals surface area contributed by atoms with Crippen LogP contribution in [-0.2, 0) is 0 Å². The standard InChI is InChI=1S/C15H17ClN4O/c1-21-13-4-2-3-12(11-13)19-7-9-20(10-8-19)15-6-5-14(16)17-18-15/h2-6,11H,7-10H2,1H3. The van der Waals surface area contributed by atoms with Gasteiger partial charge in [-0.15, -0.1) is 10.2 Å². The van der Waals surface area contributed by atoms with Crippen LogP contribution in [-0.4, -0.2) is 43.5 Å². The lowest BCUT2D eigenvalue weighted by molar-refractivity contribution is 0.414. The highest BCUT2D eigenvalue weighted by atomic mass is 35.5. The van der Waals surface area contributed by atoms with Gasteiger partial charge < -0.3 is 14.5 Å². The minimum absolute atomic E-state index is 0.425. The average Bonchev–Trinajstić information content (AvgIpc) is 2.56. The second kappa shape index (κ2) is 6.18. The molecule has 1 aliphatic rings. The van der Waals surface area contributed by atoms with Gasteiger partial charge in [-0.25, -0.2) is 0 Å². The highest BCUT2D eigenvalue weighted by Crippen LogP contribution is 2.23. The Morgan fingerprint density at radius 2 is 1.76 bits per heavy atom. The molecule has 2 heterocycles.